The maximum Gasteiger partial charge on any atom is 0.309 e. The molecule has 3 amide bonds. The number of primary amides is 1. The van der Waals surface area contributed by atoms with Crippen molar-refractivity contribution in [3.05, 3.63) is 57.5 Å². The van der Waals surface area contributed by atoms with E-state index >= 15 is 0 Å². The van der Waals surface area contributed by atoms with Crippen molar-refractivity contribution in [2.75, 3.05) is 0 Å². The number of halogens is 1. The number of hydrogen-bond donors (Lipinski definition) is 4. The first kappa shape index (κ1) is 21.5. The SMILES string of the molecule is Cn1c(C(C)(C)NC(=O)C(N)=O)nc(C(=O)NCc2ccc(F)cc2)c(O)c1=O. The number of amides is 3. The zero-order chi connectivity index (χ0) is 21.9. The van der Waals surface area contributed by atoms with E-state index in [-0.39, 0.29) is 12.4 Å². The Kier molecular flexibility index (Phi) is 6.01. The molecule has 0 aliphatic rings. The van der Waals surface area contributed by atoms with Gasteiger partial charge in [-0.25, -0.2) is 9.37 Å². The Labute approximate surface area is 164 Å². The van der Waals surface area contributed by atoms with Crippen molar-refractivity contribution in [3.8, 4) is 5.75 Å². The molecule has 1 heterocycles. The molecule has 0 bridgehead atoms. The zero-order valence-electron chi connectivity index (χ0n) is 15.9. The Balaban J connectivity index is 2.36. The summed E-state index contributed by atoms with van der Waals surface area (Å²) >= 11 is 0. The van der Waals surface area contributed by atoms with Gasteiger partial charge in [0.2, 0.25) is 5.75 Å². The Morgan fingerprint density at radius 1 is 1.24 bits per heavy atom. The number of rotatable bonds is 5. The van der Waals surface area contributed by atoms with Gasteiger partial charge in [-0.15, -0.1) is 0 Å². The van der Waals surface area contributed by atoms with Gasteiger partial charge in [-0.3, -0.25) is 23.7 Å². The van der Waals surface area contributed by atoms with Crippen LogP contribution >= 0.6 is 0 Å². The van der Waals surface area contributed by atoms with Crippen LogP contribution in [0.2, 0.25) is 0 Å². The second kappa shape index (κ2) is 8.09. The predicted octanol–water partition coefficient (Wildman–Crippen LogP) is -0.608. The number of aromatic hydroxyl groups is 1. The molecule has 5 N–H and O–H groups in total. The summed E-state index contributed by atoms with van der Waals surface area (Å²) in [5, 5.41) is 14.8. The van der Waals surface area contributed by atoms with E-state index in [1.165, 1.54) is 45.2 Å². The van der Waals surface area contributed by atoms with Gasteiger partial charge in [0.05, 0.1) is 5.54 Å². The Morgan fingerprint density at radius 3 is 2.38 bits per heavy atom. The smallest absolute Gasteiger partial charge is 0.309 e. The fourth-order valence-electron chi connectivity index (χ4n) is 2.58. The van der Waals surface area contributed by atoms with E-state index in [2.05, 4.69) is 15.6 Å². The summed E-state index contributed by atoms with van der Waals surface area (Å²) in [4.78, 5) is 51.5. The van der Waals surface area contributed by atoms with Crippen molar-refractivity contribution < 1.29 is 23.9 Å². The van der Waals surface area contributed by atoms with Gasteiger partial charge in [0.1, 0.15) is 11.6 Å². The van der Waals surface area contributed by atoms with Gasteiger partial charge in [-0.05, 0) is 31.5 Å². The van der Waals surface area contributed by atoms with E-state index in [1.54, 1.807) is 0 Å². The zero-order valence-corrected chi connectivity index (χ0v) is 15.9. The highest BCUT2D eigenvalue weighted by atomic mass is 19.1. The molecule has 1 aromatic heterocycles. The fraction of sp³-hybridized carbons (Fsp3) is 0.278. The number of nitrogens with two attached hydrogens (primary N) is 1. The van der Waals surface area contributed by atoms with Gasteiger partial charge in [0.15, 0.2) is 5.69 Å². The van der Waals surface area contributed by atoms with Gasteiger partial charge in [0.25, 0.3) is 11.5 Å². The molecule has 0 aliphatic heterocycles. The minimum atomic E-state index is -1.38. The predicted molar refractivity (Wildman–Crippen MR) is 99.1 cm³/mol. The summed E-state index contributed by atoms with van der Waals surface area (Å²) in [5.74, 6) is -4.62. The summed E-state index contributed by atoms with van der Waals surface area (Å²) in [6, 6.07) is 5.36. The molecule has 0 saturated carbocycles. The number of benzene rings is 1. The molecular formula is C18H20FN5O5. The highest BCUT2D eigenvalue weighted by molar-refractivity contribution is 6.34. The van der Waals surface area contributed by atoms with Crippen LogP contribution in [0.3, 0.4) is 0 Å². The van der Waals surface area contributed by atoms with Crippen LogP contribution in [0, 0.1) is 5.82 Å². The lowest BCUT2D eigenvalue weighted by Crippen LogP contribution is -2.49. The summed E-state index contributed by atoms with van der Waals surface area (Å²) in [5.41, 5.74) is 2.64. The minimum absolute atomic E-state index is 0.00736. The van der Waals surface area contributed by atoms with E-state index < -0.39 is 46.1 Å². The van der Waals surface area contributed by atoms with E-state index in [9.17, 15) is 28.7 Å². The number of hydrogen-bond acceptors (Lipinski definition) is 6. The summed E-state index contributed by atoms with van der Waals surface area (Å²) in [7, 11) is 1.28. The van der Waals surface area contributed by atoms with Crippen LogP contribution in [-0.4, -0.2) is 32.4 Å². The highest BCUT2D eigenvalue weighted by Gasteiger charge is 2.32. The lowest BCUT2D eigenvalue weighted by Gasteiger charge is -2.27. The maximum absolute atomic E-state index is 13.0. The minimum Gasteiger partial charge on any atom is -0.501 e. The second-order valence-corrected chi connectivity index (χ2v) is 6.75. The molecule has 0 unspecified atom stereocenters. The lowest BCUT2D eigenvalue weighted by atomic mass is 10.0. The van der Waals surface area contributed by atoms with Gasteiger partial charge in [-0.2, -0.15) is 0 Å². The molecule has 29 heavy (non-hydrogen) atoms. The van der Waals surface area contributed by atoms with E-state index in [0.29, 0.717) is 5.56 Å². The molecule has 0 atom stereocenters. The molecule has 2 rings (SSSR count). The summed E-state index contributed by atoms with van der Waals surface area (Å²) < 4.78 is 13.9. The Hall–Kier alpha value is -3.76. The number of nitrogens with zero attached hydrogens (tertiary/aromatic N) is 2. The molecule has 0 fully saturated rings. The number of nitrogens with one attached hydrogen (secondary N) is 2. The largest absolute Gasteiger partial charge is 0.501 e. The average molecular weight is 405 g/mol. The quantitative estimate of drug-likeness (QED) is 0.486. The van der Waals surface area contributed by atoms with Crippen molar-refractivity contribution in [3.63, 3.8) is 0 Å². The monoisotopic (exact) mass is 405 g/mol. The van der Waals surface area contributed by atoms with Crippen molar-refractivity contribution in [1.82, 2.24) is 20.2 Å². The van der Waals surface area contributed by atoms with Crippen molar-refractivity contribution >= 4 is 17.7 Å². The van der Waals surface area contributed by atoms with Crippen molar-refractivity contribution in [1.29, 1.82) is 0 Å². The van der Waals surface area contributed by atoms with Crippen molar-refractivity contribution in [2.45, 2.75) is 25.9 Å². The Morgan fingerprint density at radius 2 is 1.83 bits per heavy atom. The van der Waals surface area contributed by atoms with E-state index in [0.717, 1.165) is 4.57 Å². The molecule has 0 aliphatic carbocycles. The maximum atomic E-state index is 13.0. The number of aromatic nitrogens is 2. The van der Waals surface area contributed by atoms with Gasteiger partial charge < -0.3 is 21.5 Å². The number of carbonyl (C=O) groups is 3. The summed E-state index contributed by atoms with van der Waals surface area (Å²) in [6.07, 6.45) is 0. The molecular weight excluding hydrogens is 385 g/mol. The summed E-state index contributed by atoms with van der Waals surface area (Å²) in [6.45, 7) is 2.87. The lowest BCUT2D eigenvalue weighted by molar-refractivity contribution is -0.138. The van der Waals surface area contributed by atoms with Gasteiger partial charge >= 0.3 is 11.8 Å². The first-order valence-corrected chi connectivity index (χ1v) is 8.39. The fourth-order valence-corrected chi connectivity index (χ4v) is 2.58. The van der Waals surface area contributed by atoms with Crippen LogP contribution in [-0.2, 0) is 28.7 Å². The molecule has 0 radical (unpaired) electrons. The molecule has 0 spiro atoms. The highest BCUT2D eigenvalue weighted by Crippen LogP contribution is 2.19. The first-order chi connectivity index (χ1) is 13.4. The van der Waals surface area contributed by atoms with Crippen LogP contribution in [0.1, 0.15) is 35.7 Å². The van der Waals surface area contributed by atoms with Crippen LogP contribution in [0.5, 0.6) is 5.75 Å². The third-order valence-corrected chi connectivity index (χ3v) is 4.06. The topological polar surface area (TPSA) is 156 Å². The van der Waals surface area contributed by atoms with Gasteiger partial charge in [0, 0.05) is 13.6 Å². The average Bonchev–Trinajstić information content (AvgIpc) is 2.65. The standard InChI is InChI=1S/C18H20FN5O5/c1-18(2,23-15(28)13(20)26)17-22-11(12(25)16(29)24(17)3)14(27)21-8-9-4-6-10(19)7-5-9/h4-7,25H,8H2,1-3H3,(H2,20,26)(H,21,27)(H,23,28). The van der Waals surface area contributed by atoms with Gasteiger partial charge in [-0.1, -0.05) is 12.1 Å². The molecule has 11 heteroatoms. The third-order valence-electron chi connectivity index (χ3n) is 4.06. The number of carbonyl (C=O) groups excluding carboxylic acids is 3. The molecule has 0 saturated heterocycles. The van der Waals surface area contributed by atoms with E-state index in [1.807, 2.05) is 0 Å². The normalized spacial score (nSPS) is 11.0. The first-order valence-electron chi connectivity index (χ1n) is 8.39. The van der Waals surface area contributed by atoms with Crippen LogP contribution in [0.4, 0.5) is 4.39 Å². The molecule has 10 nitrogen and oxygen atoms in total. The van der Waals surface area contributed by atoms with Crippen LogP contribution in [0.25, 0.3) is 0 Å². The van der Waals surface area contributed by atoms with E-state index in [4.69, 9.17) is 5.73 Å². The molecule has 1 aromatic carbocycles. The Bertz CT molecular complexity index is 1030. The van der Waals surface area contributed by atoms with Crippen molar-refractivity contribution in [2.24, 2.45) is 12.8 Å². The molecule has 2 aromatic rings. The van der Waals surface area contributed by atoms with Crippen LogP contribution in [0.15, 0.2) is 29.1 Å². The van der Waals surface area contributed by atoms with Crippen LogP contribution < -0.4 is 21.9 Å². The second-order valence-electron chi connectivity index (χ2n) is 6.75. The molecule has 154 valence electrons. The third kappa shape index (κ3) is 4.75.